The lowest BCUT2D eigenvalue weighted by Gasteiger charge is -2.17. The highest BCUT2D eigenvalue weighted by atomic mass is 19.4. The number of nitrogens with one attached hydrogen (secondary N) is 1. The Morgan fingerprint density at radius 3 is 2.50 bits per heavy atom. The van der Waals surface area contributed by atoms with E-state index in [1.54, 1.807) is 12.4 Å². The molecule has 0 bridgehead atoms. The minimum Gasteiger partial charge on any atom is -0.345 e. The number of benzene rings is 1. The van der Waals surface area contributed by atoms with Gasteiger partial charge >= 0.3 is 6.18 Å². The van der Waals surface area contributed by atoms with Crippen LogP contribution in [0.15, 0.2) is 42.7 Å². The Labute approximate surface area is 160 Å². The zero-order valence-corrected chi connectivity index (χ0v) is 15.4. The smallest absolute Gasteiger partial charge is 0.345 e. The predicted molar refractivity (Wildman–Crippen MR) is 99.6 cm³/mol. The average molecular weight is 387 g/mol. The maximum absolute atomic E-state index is 12.6. The van der Waals surface area contributed by atoms with Crippen molar-refractivity contribution in [3.05, 3.63) is 54.2 Å². The van der Waals surface area contributed by atoms with Crippen LogP contribution in [0.3, 0.4) is 0 Å². The van der Waals surface area contributed by atoms with Crippen LogP contribution in [0.5, 0.6) is 0 Å². The summed E-state index contributed by atoms with van der Waals surface area (Å²) >= 11 is 0. The molecule has 0 amide bonds. The van der Waals surface area contributed by atoms with Crippen molar-refractivity contribution in [2.24, 2.45) is 0 Å². The average Bonchev–Trinajstić information content (AvgIpc) is 3.28. The van der Waals surface area contributed by atoms with Gasteiger partial charge < -0.3 is 4.98 Å². The molecule has 2 aromatic heterocycles. The Morgan fingerprint density at radius 2 is 1.82 bits per heavy atom. The fourth-order valence-electron chi connectivity index (χ4n) is 3.60. The molecule has 1 aromatic carbocycles. The highest BCUT2D eigenvalue weighted by Gasteiger charge is 2.35. The number of hydrogen-bond donors (Lipinski definition) is 1. The van der Waals surface area contributed by atoms with Gasteiger partial charge in [0.05, 0.1) is 12.2 Å². The molecular weight excluding hydrogens is 367 g/mol. The van der Waals surface area contributed by atoms with Crippen LogP contribution in [0.4, 0.5) is 13.2 Å². The van der Waals surface area contributed by atoms with E-state index in [-0.39, 0.29) is 5.92 Å². The van der Waals surface area contributed by atoms with E-state index < -0.39 is 12.7 Å². The van der Waals surface area contributed by atoms with Gasteiger partial charge in [-0.05, 0) is 19.9 Å². The molecule has 1 fully saturated rings. The number of nitrogens with zero attached hydrogens (tertiary/aromatic N) is 4. The molecule has 3 heterocycles. The van der Waals surface area contributed by atoms with E-state index in [0.717, 1.165) is 28.3 Å². The molecule has 1 N–H and O–H groups in total. The van der Waals surface area contributed by atoms with Gasteiger partial charge in [0.1, 0.15) is 5.82 Å². The van der Waals surface area contributed by atoms with Crippen molar-refractivity contribution in [1.82, 2.24) is 24.8 Å². The maximum Gasteiger partial charge on any atom is 0.401 e. The SMILES string of the molecule is Cc1[nH]c(C2CCN(CC(F)(F)F)C2)nc1-c1cnc(-c2ccccc2)nc1. The van der Waals surface area contributed by atoms with Crippen molar-refractivity contribution in [2.45, 2.75) is 25.4 Å². The van der Waals surface area contributed by atoms with Crippen molar-refractivity contribution in [3.63, 3.8) is 0 Å². The fourth-order valence-corrected chi connectivity index (χ4v) is 3.60. The first-order valence-corrected chi connectivity index (χ1v) is 9.12. The number of alkyl halides is 3. The normalized spacial score (nSPS) is 17.9. The van der Waals surface area contributed by atoms with E-state index in [1.165, 1.54) is 4.90 Å². The third kappa shape index (κ3) is 4.06. The third-order valence-corrected chi connectivity index (χ3v) is 4.92. The zero-order valence-electron chi connectivity index (χ0n) is 15.4. The Balaban J connectivity index is 1.51. The minimum absolute atomic E-state index is 0.0284. The summed E-state index contributed by atoms with van der Waals surface area (Å²) in [6, 6.07) is 9.69. The first-order valence-electron chi connectivity index (χ1n) is 9.12. The number of H-pyrrole nitrogens is 1. The standard InChI is InChI=1S/C20H20F3N5/c1-13-17(16-9-24-18(25-10-16)14-5-3-2-4-6-14)27-19(26-13)15-7-8-28(11-15)12-20(21,22)23/h2-6,9-10,15H,7-8,11-12H2,1H3,(H,26,27). The highest BCUT2D eigenvalue weighted by molar-refractivity contribution is 5.62. The molecule has 5 nitrogen and oxygen atoms in total. The molecule has 146 valence electrons. The summed E-state index contributed by atoms with van der Waals surface area (Å²) in [5.74, 6) is 1.33. The summed E-state index contributed by atoms with van der Waals surface area (Å²) in [6.07, 6.45) is -0.0529. The molecule has 1 unspecified atom stereocenters. The first-order chi connectivity index (χ1) is 13.4. The van der Waals surface area contributed by atoms with Gasteiger partial charge in [0.25, 0.3) is 0 Å². The summed E-state index contributed by atoms with van der Waals surface area (Å²) in [7, 11) is 0. The molecule has 1 aliphatic rings. The Hall–Kier alpha value is -2.74. The number of aromatic nitrogens is 4. The molecule has 8 heteroatoms. The Kier molecular flexibility index (Phi) is 4.89. The number of aromatic amines is 1. The van der Waals surface area contributed by atoms with Crippen molar-refractivity contribution in [3.8, 4) is 22.6 Å². The summed E-state index contributed by atoms with van der Waals surface area (Å²) in [5, 5.41) is 0. The number of aryl methyl sites for hydroxylation is 1. The third-order valence-electron chi connectivity index (χ3n) is 4.92. The molecular formula is C20H20F3N5. The molecule has 3 aromatic rings. The lowest BCUT2D eigenvalue weighted by molar-refractivity contribution is -0.143. The fraction of sp³-hybridized carbons (Fsp3) is 0.350. The van der Waals surface area contributed by atoms with Crippen LogP contribution in [0.1, 0.15) is 23.9 Å². The lowest BCUT2D eigenvalue weighted by atomic mass is 10.1. The van der Waals surface area contributed by atoms with Gasteiger partial charge in [-0.25, -0.2) is 15.0 Å². The molecule has 28 heavy (non-hydrogen) atoms. The van der Waals surface area contributed by atoms with Crippen LogP contribution in [-0.4, -0.2) is 50.6 Å². The number of rotatable bonds is 4. The summed E-state index contributed by atoms with van der Waals surface area (Å²) < 4.78 is 37.8. The quantitative estimate of drug-likeness (QED) is 0.729. The van der Waals surface area contributed by atoms with Gasteiger partial charge in [-0.15, -0.1) is 0 Å². The Morgan fingerprint density at radius 1 is 1.11 bits per heavy atom. The van der Waals surface area contributed by atoms with Gasteiger partial charge in [0.15, 0.2) is 5.82 Å². The molecule has 1 aliphatic heterocycles. The van der Waals surface area contributed by atoms with Crippen LogP contribution >= 0.6 is 0 Å². The highest BCUT2D eigenvalue weighted by Crippen LogP contribution is 2.31. The van der Waals surface area contributed by atoms with Crippen LogP contribution in [0.2, 0.25) is 0 Å². The number of imidazole rings is 1. The molecule has 0 aliphatic carbocycles. The van der Waals surface area contributed by atoms with Gasteiger partial charge in [-0.2, -0.15) is 13.2 Å². The summed E-state index contributed by atoms with van der Waals surface area (Å²) in [6.45, 7) is 1.81. The van der Waals surface area contributed by atoms with E-state index in [9.17, 15) is 13.2 Å². The van der Waals surface area contributed by atoms with E-state index in [4.69, 9.17) is 0 Å². The number of likely N-dealkylation sites (tertiary alicyclic amines) is 1. The summed E-state index contributed by atoms with van der Waals surface area (Å²) in [4.78, 5) is 18.2. The molecule has 4 rings (SSSR count). The second-order valence-electron chi connectivity index (χ2n) is 7.09. The van der Waals surface area contributed by atoms with Crippen LogP contribution in [-0.2, 0) is 0 Å². The van der Waals surface area contributed by atoms with Crippen molar-refractivity contribution in [1.29, 1.82) is 0 Å². The van der Waals surface area contributed by atoms with Crippen LogP contribution in [0, 0.1) is 6.92 Å². The maximum atomic E-state index is 12.6. The molecule has 0 radical (unpaired) electrons. The summed E-state index contributed by atoms with van der Waals surface area (Å²) in [5.41, 5.74) is 3.32. The second-order valence-corrected chi connectivity index (χ2v) is 7.09. The van der Waals surface area contributed by atoms with Gasteiger partial charge in [-0.1, -0.05) is 30.3 Å². The largest absolute Gasteiger partial charge is 0.401 e. The van der Waals surface area contributed by atoms with Crippen molar-refractivity contribution in [2.75, 3.05) is 19.6 Å². The monoisotopic (exact) mass is 387 g/mol. The second kappa shape index (κ2) is 7.35. The van der Waals surface area contributed by atoms with Crippen LogP contribution in [0.25, 0.3) is 22.6 Å². The van der Waals surface area contributed by atoms with E-state index in [0.29, 0.717) is 25.3 Å². The number of halogens is 3. The van der Waals surface area contributed by atoms with Gasteiger partial charge in [-0.3, -0.25) is 4.90 Å². The lowest BCUT2D eigenvalue weighted by Crippen LogP contribution is -2.32. The minimum atomic E-state index is -4.17. The molecule has 1 saturated heterocycles. The molecule has 0 saturated carbocycles. The predicted octanol–water partition coefficient (Wildman–Crippen LogP) is 4.19. The van der Waals surface area contributed by atoms with Crippen molar-refractivity contribution < 1.29 is 13.2 Å². The topological polar surface area (TPSA) is 57.7 Å². The molecule has 1 atom stereocenters. The zero-order chi connectivity index (χ0) is 19.7. The van der Waals surface area contributed by atoms with E-state index in [1.807, 2.05) is 37.3 Å². The molecule has 0 spiro atoms. The van der Waals surface area contributed by atoms with Gasteiger partial charge in [0.2, 0.25) is 0 Å². The first kappa shape index (κ1) is 18.6. The number of hydrogen-bond acceptors (Lipinski definition) is 4. The van der Waals surface area contributed by atoms with Gasteiger partial charge in [0, 0.05) is 41.7 Å². The van der Waals surface area contributed by atoms with Crippen molar-refractivity contribution >= 4 is 0 Å². The van der Waals surface area contributed by atoms with E-state index in [2.05, 4.69) is 19.9 Å². The van der Waals surface area contributed by atoms with E-state index >= 15 is 0 Å². The Bertz CT molecular complexity index is 935. The van der Waals surface area contributed by atoms with Crippen LogP contribution < -0.4 is 0 Å².